The second-order valence-electron chi connectivity index (χ2n) is 8.88. The van der Waals surface area contributed by atoms with Crippen molar-refractivity contribution in [2.75, 3.05) is 33.4 Å². The summed E-state index contributed by atoms with van der Waals surface area (Å²) in [7, 11) is -2.14. The van der Waals surface area contributed by atoms with Crippen molar-refractivity contribution in [3.8, 4) is 0 Å². The second-order valence-corrected chi connectivity index (χ2v) is 10.8. The van der Waals surface area contributed by atoms with Gasteiger partial charge in [0.2, 0.25) is 10.0 Å². The average molecular weight is 517 g/mol. The Kier molecular flexibility index (Phi) is 7.87. The Balaban J connectivity index is 1.71. The number of benzene rings is 2. The van der Waals surface area contributed by atoms with E-state index in [-0.39, 0.29) is 22.6 Å². The first-order valence-electron chi connectivity index (χ1n) is 11.9. The smallest absolute Gasteiger partial charge is 0.295 e. The zero-order chi connectivity index (χ0) is 25.9. The van der Waals surface area contributed by atoms with Gasteiger partial charge in [-0.15, -0.1) is 0 Å². The van der Waals surface area contributed by atoms with Crippen molar-refractivity contribution in [2.45, 2.75) is 36.6 Å². The number of likely N-dealkylation sites (tertiary alicyclic amines) is 1. The van der Waals surface area contributed by atoms with E-state index in [0.29, 0.717) is 31.7 Å². The van der Waals surface area contributed by atoms with Gasteiger partial charge in [-0.25, -0.2) is 12.8 Å². The summed E-state index contributed by atoms with van der Waals surface area (Å²) in [5, 5.41) is 11.1. The van der Waals surface area contributed by atoms with Crippen molar-refractivity contribution in [2.24, 2.45) is 0 Å². The minimum Gasteiger partial charge on any atom is -0.507 e. The number of ether oxygens (including phenoxy) is 1. The summed E-state index contributed by atoms with van der Waals surface area (Å²) in [6.45, 7) is 1.50. The molecule has 0 radical (unpaired) electrons. The number of aliphatic hydroxyl groups excluding tert-OH is 1. The number of hydrogen-bond acceptors (Lipinski definition) is 6. The van der Waals surface area contributed by atoms with Crippen LogP contribution in [0.15, 0.2) is 59.0 Å². The fourth-order valence-corrected chi connectivity index (χ4v) is 6.19. The van der Waals surface area contributed by atoms with Crippen LogP contribution < -0.4 is 0 Å². The molecule has 0 unspecified atom stereocenters. The number of piperidine rings is 1. The number of nitrogens with zero attached hydrogens (tertiary/aromatic N) is 2. The van der Waals surface area contributed by atoms with Crippen molar-refractivity contribution < 1.29 is 32.2 Å². The molecular formula is C26H29FN2O6S. The maximum atomic E-state index is 13.6. The zero-order valence-corrected chi connectivity index (χ0v) is 20.8. The number of methoxy groups -OCH3 is 1. The van der Waals surface area contributed by atoms with Gasteiger partial charge in [-0.3, -0.25) is 9.59 Å². The third-order valence-corrected chi connectivity index (χ3v) is 8.47. The highest BCUT2D eigenvalue weighted by molar-refractivity contribution is 7.89. The van der Waals surface area contributed by atoms with Crippen molar-refractivity contribution in [1.82, 2.24) is 9.21 Å². The van der Waals surface area contributed by atoms with Crippen LogP contribution in [-0.4, -0.2) is 67.8 Å². The number of carbonyl (C=O) groups is 2. The predicted molar refractivity (Wildman–Crippen MR) is 131 cm³/mol. The molecule has 2 fully saturated rings. The van der Waals surface area contributed by atoms with Crippen LogP contribution >= 0.6 is 0 Å². The van der Waals surface area contributed by atoms with E-state index in [2.05, 4.69) is 0 Å². The fourth-order valence-electron chi connectivity index (χ4n) is 4.68. The third kappa shape index (κ3) is 5.07. The largest absolute Gasteiger partial charge is 0.507 e. The van der Waals surface area contributed by atoms with Crippen LogP contribution in [0.25, 0.3) is 5.76 Å². The number of carbonyl (C=O) groups excluding carboxylic acids is 2. The molecule has 2 saturated heterocycles. The highest BCUT2D eigenvalue weighted by Gasteiger charge is 2.45. The molecule has 1 N–H and O–H groups in total. The number of rotatable bonds is 8. The normalized spacial score (nSPS) is 20.7. The van der Waals surface area contributed by atoms with Crippen molar-refractivity contribution in [3.63, 3.8) is 0 Å². The van der Waals surface area contributed by atoms with Crippen molar-refractivity contribution >= 4 is 27.5 Å². The van der Waals surface area contributed by atoms with E-state index in [0.717, 1.165) is 19.3 Å². The lowest BCUT2D eigenvalue weighted by Crippen LogP contribution is -2.35. The van der Waals surface area contributed by atoms with Gasteiger partial charge >= 0.3 is 0 Å². The number of halogens is 1. The van der Waals surface area contributed by atoms with Crippen LogP contribution in [0.2, 0.25) is 0 Å². The van der Waals surface area contributed by atoms with E-state index in [4.69, 9.17) is 4.74 Å². The van der Waals surface area contributed by atoms with Gasteiger partial charge in [0.1, 0.15) is 11.6 Å². The van der Waals surface area contributed by atoms with E-state index in [1.165, 1.54) is 64.8 Å². The number of Topliss-reactive ketones (excluding diaryl/α,β-unsaturated/α-hetero) is 1. The van der Waals surface area contributed by atoms with Gasteiger partial charge in [0, 0.05) is 38.9 Å². The molecule has 0 aliphatic carbocycles. The van der Waals surface area contributed by atoms with Crippen molar-refractivity contribution in [3.05, 3.63) is 71.0 Å². The molecule has 0 spiro atoms. The Morgan fingerprint density at radius 2 is 1.67 bits per heavy atom. The molecule has 4 rings (SSSR count). The molecule has 1 atom stereocenters. The highest BCUT2D eigenvalue weighted by Crippen LogP contribution is 2.39. The number of amides is 1. The molecule has 2 aliphatic heterocycles. The molecule has 0 bridgehead atoms. The van der Waals surface area contributed by atoms with E-state index in [1.807, 2.05) is 0 Å². The minimum atomic E-state index is -3.66. The predicted octanol–water partition coefficient (Wildman–Crippen LogP) is 3.46. The standard InChI is InChI=1S/C26H29FN2O6S/c1-35-17-5-16-29-23(18-6-10-20(27)11-7-18)22(25(31)26(29)32)24(30)19-8-12-21(13-9-19)36(33,34)28-14-3-2-4-15-28/h6-13,23,30H,2-5,14-17H2,1H3/b24-22+/t23-/m1/s1. The lowest BCUT2D eigenvalue weighted by molar-refractivity contribution is -0.140. The Morgan fingerprint density at radius 3 is 2.28 bits per heavy atom. The van der Waals surface area contributed by atoms with E-state index < -0.39 is 39.3 Å². The summed E-state index contributed by atoms with van der Waals surface area (Å²) in [6, 6.07) is 10.1. The molecule has 36 heavy (non-hydrogen) atoms. The molecule has 0 aromatic heterocycles. The molecule has 2 aromatic carbocycles. The van der Waals surface area contributed by atoms with Crippen LogP contribution in [0, 0.1) is 5.82 Å². The molecule has 192 valence electrons. The maximum Gasteiger partial charge on any atom is 0.295 e. The quantitative estimate of drug-likeness (QED) is 0.249. The number of hydrogen-bond donors (Lipinski definition) is 1. The van der Waals surface area contributed by atoms with E-state index in [1.54, 1.807) is 0 Å². The Hall–Kier alpha value is -3.08. The lowest BCUT2D eigenvalue weighted by atomic mass is 9.95. The SMILES string of the molecule is COCCCN1C(=O)C(=O)/C(=C(/O)c2ccc(S(=O)(=O)N3CCCCC3)cc2)[C@H]1c1ccc(F)cc1. The van der Waals surface area contributed by atoms with Gasteiger partial charge in [0.25, 0.3) is 11.7 Å². The van der Waals surface area contributed by atoms with Crippen LogP contribution in [0.4, 0.5) is 4.39 Å². The van der Waals surface area contributed by atoms with Crippen LogP contribution in [0.1, 0.15) is 42.9 Å². The molecule has 10 heteroatoms. The number of sulfonamides is 1. The van der Waals surface area contributed by atoms with Gasteiger partial charge in [-0.05, 0) is 61.2 Å². The van der Waals surface area contributed by atoms with Crippen LogP contribution in [0.5, 0.6) is 0 Å². The summed E-state index contributed by atoms with van der Waals surface area (Å²) in [5.41, 5.74) is 0.545. The minimum absolute atomic E-state index is 0.0936. The molecule has 8 nitrogen and oxygen atoms in total. The first-order valence-corrected chi connectivity index (χ1v) is 13.3. The first kappa shape index (κ1) is 26.0. The molecule has 2 aromatic rings. The molecule has 2 heterocycles. The first-order chi connectivity index (χ1) is 17.3. The van der Waals surface area contributed by atoms with Gasteiger partial charge in [0.15, 0.2) is 0 Å². The van der Waals surface area contributed by atoms with Crippen LogP contribution in [0.3, 0.4) is 0 Å². The summed E-state index contributed by atoms with van der Waals surface area (Å²) in [5.74, 6) is -2.52. The molecule has 2 aliphatic rings. The lowest BCUT2D eigenvalue weighted by Gasteiger charge is -2.26. The van der Waals surface area contributed by atoms with Crippen LogP contribution in [-0.2, 0) is 24.3 Å². The third-order valence-electron chi connectivity index (χ3n) is 6.55. The van der Waals surface area contributed by atoms with E-state index >= 15 is 0 Å². The van der Waals surface area contributed by atoms with Gasteiger partial charge in [-0.2, -0.15) is 4.31 Å². The monoisotopic (exact) mass is 516 g/mol. The van der Waals surface area contributed by atoms with Gasteiger partial charge in [0.05, 0.1) is 16.5 Å². The maximum absolute atomic E-state index is 13.6. The second kappa shape index (κ2) is 10.9. The molecule has 1 amide bonds. The topological polar surface area (TPSA) is 104 Å². The molecule has 0 saturated carbocycles. The Morgan fingerprint density at radius 1 is 1.03 bits per heavy atom. The zero-order valence-electron chi connectivity index (χ0n) is 20.0. The van der Waals surface area contributed by atoms with Gasteiger partial charge in [-0.1, -0.05) is 18.6 Å². The van der Waals surface area contributed by atoms with Gasteiger partial charge < -0.3 is 14.7 Å². The summed E-state index contributed by atoms with van der Waals surface area (Å²) in [4.78, 5) is 27.4. The van der Waals surface area contributed by atoms with E-state index in [9.17, 15) is 27.5 Å². The molecular weight excluding hydrogens is 487 g/mol. The summed E-state index contributed by atoms with van der Waals surface area (Å²) in [6.07, 6.45) is 3.08. The Bertz CT molecular complexity index is 1250. The summed E-state index contributed by atoms with van der Waals surface area (Å²) >= 11 is 0. The number of ketones is 1. The highest BCUT2D eigenvalue weighted by atomic mass is 32.2. The summed E-state index contributed by atoms with van der Waals surface area (Å²) < 4.78 is 46.0. The fraction of sp³-hybridized carbons (Fsp3) is 0.385. The Labute approximate surface area is 210 Å². The van der Waals surface area contributed by atoms with Crippen molar-refractivity contribution in [1.29, 1.82) is 0 Å². The average Bonchev–Trinajstić information content (AvgIpc) is 3.14. The number of aliphatic hydroxyl groups is 1.